The standard InChI is InChI=1S/C10H22S/c1-8(2)9(3)6-5-7-10(4)11/h8-11H,5-7H2,1-4H3. The highest BCUT2D eigenvalue weighted by Crippen LogP contribution is 2.18. The Balaban J connectivity index is 3.24. The summed E-state index contributed by atoms with van der Waals surface area (Å²) < 4.78 is 0. The van der Waals surface area contributed by atoms with E-state index in [1.165, 1.54) is 19.3 Å². The second kappa shape index (κ2) is 5.93. The van der Waals surface area contributed by atoms with Crippen LogP contribution < -0.4 is 0 Å². The Kier molecular flexibility index (Phi) is 6.12. The normalized spacial score (nSPS) is 16.9. The van der Waals surface area contributed by atoms with Gasteiger partial charge in [-0.3, -0.25) is 0 Å². The number of thiol groups is 1. The van der Waals surface area contributed by atoms with Gasteiger partial charge >= 0.3 is 0 Å². The molecule has 2 atom stereocenters. The second-order valence-corrected chi connectivity index (χ2v) is 4.88. The first-order valence-electron chi connectivity index (χ1n) is 4.72. The minimum absolute atomic E-state index is 0.578. The molecule has 0 radical (unpaired) electrons. The number of hydrogen-bond acceptors (Lipinski definition) is 1. The van der Waals surface area contributed by atoms with E-state index in [2.05, 4.69) is 40.3 Å². The summed E-state index contributed by atoms with van der Waals surface area (Å²) in [5.74, 6) is 1.72. The van der Waals surface area contributed by atoms with E-state index in [-0.39, 0.29) is 0 Å². The van der Waals surface area contributed by atoms with Gasteiger partial charge in [0.05, 0.1) is 0 Å². The highest BCUT2D eigenvalue weighted by atomic mass is 32.1. The number of rotatable bonds is 5. The first kappa shape index (κ1) is 11.4. The minimum Gasteiger partial charge on any atom is -0.176 e. The molecule has 68 valence electrons. The van der Waals surface area contributed by atoms with Crippen LogP contribution in [0.2, 0.25) is 0 Å². The van der Waals surface area contributed by atoms with Gasteiger partial charge < -0.3 is 0 Å². The van der Waals surface area contributed by atoms with Gasteiger partial charge in [0.1, 0.15) is 0 Å². The maximum Gasteiger partial charge on any atom is -0.00116 e. The summed E-state index contributed by atoms with van der Waals surface area (Å²) in [5, 5.41) is 0.578. The van der Waals surface area contributed by atoms with E-state index < -0.39 is 0 Å². The smallest absolute Gasteiger partial charge is 0.00116 e. The molecule has 0 N–H and O–H groups in total. The summed E-state index contributed by atoms with van der Waals surface area (Å²) in [4.78, 5) is 0. The lowest BCUT2D eigenvalue weighted by Crippen LogP contribution is -2.04. The zero-order chi connectivity index (χ0) is 8.85. The fourth-order valence-electron chi connectivity index (χ4n) is 1.07. The summed E-state index contributed by atoms with van der Waals surface area (Å²) in [7, 11) is 0. The van der Waals surface area contributed by atoms with Crippen molar-refractivity contribution < 1.29 is 0 Å². The summed E-state index contributed by atoms with van der Waals surface area (Å²) in [5.41, 5.74) is 0. The van der Waals surface area contributed by atoms with E-state index in [1.54, 1.807) is 0 Å². The van der Waals surface area contributed by atoms with Crippen LogP contribution in [0, 0.1) is 11.8 Å². The Morgan fingerprint density at radius 3 is 1.91 bits per heavy atom. The predicted octanol–water partition coefficient (Wildman–Crippen LogP) is 3.77. The van der Waals surface area contributed by atoms with Crippen molar-refractivity contribution in [3.05, 3.63) is 0 Å². The molecule has 0 heterocycles. The Morgan fingerprint density at radius 1 is 1.00 bits per heavy atom. The Hall–Kier alpha value is 0.350. The molecule has 0 aliphatic carbocycles. The molecule has 11 heavy (non-hydrogen) atoms. The molecule has 0 aromatic rings. The summed E-state index contributed by atoms with van der Waals surface area (Å²) >= 11 is 4.35. The Labute approximate surface area is 77.2 Å². The van der Waals surface area contributed by atoms with E-state index >= 15 is 0 Å². The molecule has 0 rings (SSSR count). The molecule has 0 bridgehead atoms. The number of hydrogen-bond donors (Lipinski definition) is 1. The molecule has 0 aliphatic heterocycles. The predicted molar refractivity (Wildman–Crippen MR) is 56.3 cm³/mol. The average molecular weight is 174 g/mol. The van der Waals surface area contributed by atoms with E-state index in [1.807, 2.05) is 0 Å². The zero-order valence-corrected chi connectivity index (χ0v) is 9.20. The lowest BCUT2D eigenvalue weighted by molar-refractivity contribution is 0.378. The summed E-state index contributed by atoms with van der Waals surface area (Å²) in [6, 6.07) is 0. The van der Waals surface area contributed by atoms with Gasteiger partial charge in [0.25, 0.3) is 0 Å². The zero-order valence-electron chi connectivity index (χ0n) is 8.30. The maximum atomic E-state index is 4.35. The van der Waals surface area contributed by atoms with Crippen molar-refractivity contribution in [2.75, 3.05) is 0 Å². The molecule has 1 heteroatoms. The molecule has 0 saturated carbocycles. The minimum atomic E-state index is 0.578. The quantitative estimate of drug-likeness (QED) is 0.603. The lowest BCUT2D eigenvalue weighted by Gasteiger charge is -2.15. The van der Waals surface area contributed by atoms with Crippen LogP contribution in [0.5, 0.6) is 0 Å². The van der Waals surface area contributed by atoms with Crippen LogP contribution in [0.3, 0.4) is 0 Å². The van der Waals surface area contributed by atoms with Gasteiger partial charge in [0.2, 0.25) is 0 Å². The molecule has 0 aromatic carbocycles. The van der Waals surface area contributed by atoms with E-state index in [0.717, 1.165) is 11.8 Å². The Bertz CT molecular complexity index is 86.9. The van der Waals surface area contributed by atoms with Gasteiger partial charge in [0, 0.05) is 0 Å². The van der Waals surface area contributed by atoms with Gasteiger partial charge in [-0.25, -0.2) is 0 Å². The van der Waals surface area contributed by atoms with Gasteiger partial charge in [-0.05, 0) is 23.5 Å². The van der Waals surface area contributed by atoms with Crippen molar-refractivity contribution >= 4 is 12.6 Å². The van der Waals surface area contributed by atoms with Crippen molar-refractivity contribution in [1.82, 2.24) is 0 Å². The first-order valence-corrected chi connectivity index (χ1v) is 5.23. The monoisotopic (exact) mass is 174 g/mol. The first-order chi connectivity index (χ1) is 5.04. The SMILES string of the molecule is CC(S)CCCC(C)C(C)C. The highest BCUT2D eigenvalue weighted by molar-refractivity contribution is 7.80. The van der Waals surface area contributed by atoms with Crippen LogP contribution in [0.15, 0.2) is 0 Å². The van der Waals surface area contributed by atoms with Crippen LogP contribution >= 0.6 is 12.6 Å². The highest BCUT2D eigenvalue weighted by Gasteiger charge is 2.06. The molecule has 2 unspecified atom stereocenters. The topological polar surface area (TPSA) is 0 Å². The average Bonchev–Trinajstić information content (AvgIpc) is 1.86. The third kappa shape index (κ3) is 6.74. The summed E-state index contributed by atoms with van der Waals surface area (Å²) in [6.45, 7) is 9.11. The van der Waals surface area contributed by atoms with Crippen molar-refractivity contribution in [3.8, 4) is 0 Å². The molecule has 0 amide bonds. The second-order valence-electron chi connectivity index (χ2n) is 4.00. The van der Waals surface area contributed by atoms with Crippen LogP contribution in [-0.4, -0.2) is 5.25 Å². The largest absolute Gasteiger partial charge is 0.176 e. The molecule has 0 aliphatic rings. The fourth-order valence-corrected chi connectivity index (χ4v) is 1.25. The maximum absolute atomic E-state index is 4.35. The van der Waals surface area contributed by atoms with Crippen LogP contribution in [0.1, 0.15) is 47.0 Å². The fraction of sp³-hybridized carbons (Fsp3) is 1.00. The summed E-state index contributed by atoms with van der Waals surface area (Å²) in [6.07, 6.45) is 3.97. The third-order valence-corrected chi connectivity index (χ3v) is 2.68. The van der Waals surface area contributed by atoms with E-state index in [9.17, 15) is 0 Å². The van der Waals surface area contributed by atoms with Gasteiger partial charge in [-0.15, -0.1) is 0 Å². The van der Waals surface area contributed by atoms with Gasteiger partial charge in [0.15, 0.2) is 0 Å². The molecule has 0 aromatic heterocycles. The van der Waals surface area contributed by atoms with Crippen molar-refractivity contribution in [1.29, 1.82) is 0 Å². The van der Waals surface area contributed by atoms with Crippen LogP contribution in [-0.2, 0) is 0 Å². The molecule has 0 fully saturated rings. The van der Waals surface area contributed by atoms with Crippen molar-refractivity contribution in [2.24, 2.45) is 11.8 Å². The van der Waals surface area contributed by atoms with Gasteiger partial charge in [-0.2, -0.15) is 12.6 Å². The van der Waals surface area contributed by atoms with Crippen LogP contribution in [0.4, 0.5) is 0 Å². The van der Waals surface area contributed by atoms with Crippen LogP contribution in [0.25, 0.3) is 0 Å². The lowest BCUT2D eigenvalue weighted by atomic mass is 9.92. The Morgan fingerprint density at radius 2 is 1.55 bits per heavy atom. The third-order valence-electron chi connectivity index (χ3n) is 2.42. The van der Waals surface area contributed by atoms with Gasteiger partial charge in [-0.1, -0.05) is 40.5 Å². The van der Waals surface area contributed by atoms with Crippen molar-refractivity contribution in [3.63, 3.8) is 0 Å². The molecule has 0 spiro atoms. The molecule has 0 nitrogen and oxygen atoms in total. The van der Waals surface area contributed by atoms with E-state index in [0.29, 0.717) is 5.25 Å². The molecular weight excluding hydrogens is 152 g/mol. The van der Waals surface area contributed by atoms with E-state index in [4.69, 9.17) is 0 Å². The molecule has 0 saturated heterocycles. The molecular formula is C10H22S. The van der Waals surface area contributed by atoms with Crippen molar-refractivity contribution in [2.45, 2.75) is 52.2 Å².